The van der Waals surface area contributed by atoms with Crippen LogP contribution in [0.4, 0.5) is 0 Å². The third kappa shape index (κ3) is 3.25. The van der Waals surface area contributed by atoms with E-state index in [2.05, 4.69) is 4.18 Å². The van der Waals surface area contributed by atoms with Gasteiger partial charge in [0, 0.05) is 0 Å². The van der Waals surface area contributed by atoms with Crippen molar-refractivity contribution in [3.05, 3.63) is 0 Å². The molecular formula is C12H21NO9S. The van der Waals surface area contributed by atoms with Crippen LogP contribution in [0, 0.1) is 0 Å². The molecule has 5 atom stereocenters. The van der Waals surface area contributed by atoms with Crippen molar-refractivity contribution in [1.29, 1.82) is 0 Å². The number of ether oxygens (including phenoxy) is 5. The Kier molecular flexibility index (Phi) is 4.03. The molecule has 3 fully saturated rings. The molecule has 0 aromatic heterocycles. The number of hydrogen-bond acceptors (Lipinski definition) is 9. The van der Waals surface area contributed by atoms with Crippen LogP contribution in [-0.4, -0.2) is 69.0 Å². The molecule has 0 radical (unpaired) electrons. The lowest BCUT2D eigenvalue weighted by Crippen LogP contribution is -2.60. The van der Waals surface area contributed by atoms with Crippen LogP contribution < -0.4 is 5.14 Å². The van der Waals surface area contributed by atoms with E-state index in [-0.39, 0.29) is 13.2 Å². The highest BCUT2D eigenvalue weighted by molar-refractivity contribution is 7.84. The van der Waals surface area contributed by atoms with Gasteiger partial charge in [-0.3, -0.25) is 4.18 Å². The maximum atomic E-state index is 11.1. The molecule has 0 saturated carbocycles. The first-order chi connectivity index (χ1) is 10.5. The zero-order valence-electron chi connectivity index (χ0n) is 13.1. The Morgan fingerprint density at radius 2 is 1.96 bits per heavy atom. The molecule has 3 rings (SSSR count). The average molecular weight is 355 g/mol. The van der Waals surface area contributed by atoms with Crippen molar-refractivity contribution in [3.8, 4) is 0 Å². The van der Waals surface area contributed by atoms with Gasteiger partial charge in [0.25, 0.3) is 0 Å². The second kappa shape index (κ2) is 5.31. The molecule has 0 amide bonds. The fourth-order valence-electron chi connectivity index (χ4n) is 3.10. The number of aliphatic hydroxyl groups is 1. The van der Waals surface area contributed by atoms with Gasteiger partial charge in [-0.1, -0.05) is 0 Å². The average Bonchev–Trinajstić information content (AvgIpc) is 2.90. The summed E-state index contributed by atoms with van der Waals surface area (Å²) in [4.78, 5) is 0. The largest absolute Gasteiger partial charge is 0.391 e. The zero-order chi connectivity index (χ0) is 17.1. The van der Waals surface area contributed by atoms with E-state index in [9.17, 15) is 13.5 Å². The number of fused-ring (bicyclic) bond motifs is 3. The van der Waals surface area contributed by atoms with Gasteiger partial charge in [0.1, 0.15) is 24.9 Å². The minimum absolute atomic E-state index is 0.0597. The highest BCUT2D eigenvalue weighted by Gasteiger charge is 2.66. The predicted molar refractivity (Wildman–Crippen MR) is 73.0 cm³/mol. The van der Waals surface area contributed by atoms with Crippen molar-refractivity contribution >= 4 is 10.3 Å². The van der Waals surface area contributed by atoms with E-state index in [0.717, 1.165) is 0 Å². The highest BCUT2D eigenvalue weighted by atomic mass is 32.2. The molecule has 3 aliphatic rings. The molecule has 3 N–H and O–H groups in total. The van der Waals surface area contributed by atoms with E-state index >= 15 is 0 Å². The summed E-state index contributed by atoms with van der Waals surface area (Å²) in [5.74, 6) is -3.74. The molecule has 23 heavy (non-hydrogen) atoms. The summed E-state index contributed by atoms with van der Waals surface area (Å²) in [6.45, 7) is 4.13. The molecular weight excluding hydrogens is 334 g/mol. The van der Waals surface area contributed by atoms with Gasteiger partial charge in [-0.25, -0.2) is 5.14 Å². The van der Waals surface area contributed by atoms with Crippen molar-refractivity contribution in [2.45, 2.75) is 56.4 Å². The molecule has 5 unspecified atom stereocenters. The van der Waals surface area contributed by atoms with Crippen LogP contribution in [0.3, 0.4) is 0 Å². The van der Waals surface area contributed by atoms with Crippen molar-refractivity contribution in [2.24, 2.45) is 5.14 Å². The number of hydrogen-bond donors (Lipinski definition) is 2. The normalized spacial score (nSPS) is 45.7. The molecule has 3 heterocycles. The molecule has 0 bridgehead atoms. The number of nitrogens with two attached hydrogens (primary N) is 1. The van der Waals surface area contributed by atoms with Gasteiger partial charge < -0.3 is 28.8 Å². The third-order valence-corrected chi connectivity index (χ3v) is 4.36. The summed E-state index contributed by atoms with van der Waals surface area (Å²) in [6.07, 6.45) is -1.92. The summed E-state index contributed by atoms with van der Waals surface area (Å²) in [7, 11) is -4.18. The number of aliphatic hydroxyl groups excluding tert-OH is 1. The Morgan fingerprint density at radius 1 is 1.26 bits per heavy atom. The smallest absolute Gasteiger partial charge is 0.333 e. The van der Waals surface area contributed by atoms with Gasteiger partial charge in [-0.2, -0.15) is 8.42 Å². The molecule has 134 valence electrons. The van der Waals surface area contributed by atoms with Gasteiger partial charge in [-0.15, -0.1) is 0 Å². The fourth-order valence-corrected chi connectivity index (χ4v) is 3.43. The van der Waals surface area contributed by atoms with E-state index in [1.54, 1.807) is 20.8 Å². The minimum atomic E-state index is -4.18. The SMILES string of the molecule is CC1(C)OC2C3OC(C)(CO)OC3COC2(COS(N)(=O)=O)O1. The lowest BCUT2D eigenvalue weighted by Gasteiger charge is -2.40. The molecule has 0 aromatic rings. The van der Waals surface area contributed by atoms with Crippen LogP contribution in [0.5, 0.6) is 0 Å². The molecule has 0 aromatic carbocycles. The lowest BCUT2D eigenvalue weighted by atomic mass is 9.98. The van der Waals surface area contributed by atoms with Gasteiger partial charge in [0.05, 0.1) is 13.2 Å². The predicted octanol–water partition coefficient (Wildman–Crippen LogP) is -1.42. The summed E-state index contributed by atoms with van der Waals surface area (Å²) in [5, 5.41) is 14.3. The third-order valence-electron chi connectivity index (χ3n) is 3.92. The second-order valence-electron chi connectivity index (χ2n) is 6.45. The first-order valence-corrected chi connectivity index (χ1v) is 8.60. The van der Waals surface area contributed by atoms with Crippen LogP contribution in [0.2, 0.25) is 0 Å². The van der Waals surface area contributed by atoms with Gasteiger partial charge in [-0.05, 0) is 20.8 Å². The summed E-state index contributed by atoms with van der Waals surface area (Å²) in [5.41, 5.74) is 0. The first-order valence-electron chi connectivity index (χ1n) is 7.13. The molecule has 0 aliphatic carbocycles. The Bertz CT molecular complexity index is 581. The van der Waals surface area contributed by atoms with Gasteiger partial charge in [0.2, 0.25) is 5.79 Å². The van der Waals surface area contributed by atoms with E-state index in [4.69, 9.17) is 28.8 Å². The van der Waals surface area contributed by atoms with Crippen molar-refractivity contribution in [2.75, 3.05) is 19.8 Å². The molecule has 3 aliphatic heterocycles. The monoisotopic (exact) mass is 355 g/mol. The molecule has 0 spiro atoms. The standard InChI is InChI=1S/C12H21NO9S/c1-10(2)21-9-8-7(19-11(3,5-14)20-8)4-17-12(9,22-10)6-18-23(13,15)16/h7-9,14H,4-6H2,1-3H3,(H2,13,15,16). The maximum Gasteiger partial charge on any atom is 0.333 e. The lowest BCUT2D eigenvalue weighted by molar-refractivity contribution is -0.290. The zero-order valence-corrected chi connectivity index (χ0v) is 13.9. The molecule has 10 nitrogen and oxygen atoms in total. The summed E-state index contributed by atoms with van der Waals surface area (Å²) in [6, 6.07) is 0. The first kappa shape index (κ1) is 17.5. The Labute approximate surface area is 134 Å². The fraction of sp³-hybridized carbons (Fsp3) is 1.00. The topological polar surface area (TPSA) is 136 Å². The van der Waals surface area contributed by atoms with Crippen LogP contribution in [0.15, 0.2) is 0 Å². The van der Waals surface area contributed by atoms with Crippen molar-refractivity contribution in [1.82, 2.24) is 0 Å². The Hall–Kier alpha value is -0.370. The van der Waals surface area contributed by atoms with Crippen LogP contribution >= 0.6 is 0 Å². The number of rotatable bonds is 4. The quantitative estimate of drug-likeness (QED) is 0.622. The second-order valence-corrected chi connectivity index (χ2v) is 7.67. The van der Waals surface area contributed by atoms with E-state index in [1.165, 1.54) is 0 Å². The van der Waals surface area contributed by atoms with E-state index in [1.807, 2.05) is 0 Å². The Morgan fingerprint density at radius 3 is 2.57 bits per heavy atom. The van der Waals surface area contributed by atoms with E-state index in [0.29, 0.717) is 0 Å². The van der Waals surface area contributed by atoms with Crippen LogP contribution in [-0.2, 0) is 38.2 Å². The Balaban J connectivity index is 1.87. The van der Waals surface area contributed by atoms with Crippen LogP contribution in [0.25, 0.3) is 0 Å². The van der Waals surface area contributed by atoms with Gasteiger partial charge in [0.15, 0.2) is 11.6 Å². The molecule has 3 saturated heterocycles. The molecule has 11 heteroatoms. The highest BCUT2D eigenvalue weighted by Crippen LogP contribution is 2.47. The van der Waals surface area contributed by atoms with Crippen molar-refractivity contribution in [3.63, 3.8) is 0 Å². The van der Waals surface area contributed by atoms with Gasteiger partial charge >= 0.3 is 10.3 Å². The minimum Gasteiger partial charge on any atom is -0.391 e. The van der Waals surface area contributed by atoms with Crippen LogP contribution in [0.1, 0.15) is 20.8 Å². The van der Waals surface area contributed by atoms with Crippen molar-refractivity contribution < 1.29 is 41.4 Å². The summed E-state index contributed by atoms with van der Waals surface area (Å²) >= 11 is 0. The summed E-state index contributed by atoms with van der Waals surface area (Å²) < 4.78 is 55.6. The maximum absolute atomic E-state index is 11.1. The van der Waals surface area contributed by atoms with E-state index < -0.39 is 52.6 Å².